The van der Waals surface area contributed by atoms with Gasteiger partial charge in [-0.2, -0.15) is 0 Å². The maximum Gasteiger partial charge on any atom is 0.231 e. The molecule has 3 atom stereocenters. The van der Waals surface area contributed by atoms with Gasteiger partial charge in [-0.25, -0.2) is 0 Å². The molecular weight excluding hydrogens is 254 g/mol. The van der Waals surface area contributed by atoms with E-state index >= 15 is 0 Å². The van der Waals surface area contributed by atoms with E-state index in [1.54, 1.807) is 0 Å². The minimum Gasteiger partial charge on any atom is -0.454 e. The first kappa shape index (κ1) is 11.0. The fourth-order valence-electron chi connectivity index (χ4n) is 4.67. The van der Waals surface area contributed by atoms with Crippen LogP contribution in [0.3, 0.4) is 0 Å². The van der Waals surface area contributed by atoms with Crippen LogP contribution in [0.5, 0.6) is 11.5 Å². The zero-order valence-electron chi connectivity index (χ0n) is 11.3. The van der Waals surface area contributed by atoms with Crippen LogP contribution in [-0.2, 0) is 11.3 Å². The molecule has 20 heavy (non-hydrogen) atoms. The summed E-state index contributed by atoms with van der Waals surface area (Å²) in [6.45, 7) is 1.07. The summed E-state index contributed by atoms with van der Waals surface area (Å²) in [7, 11) is 0. The summed E-state index contributed by atoms with van der Waals surface area (Å²) in [5, 5.41) is 0. The van der Waals surface area contributed by atoms with Crippen LogP contribution in [-0.4, -0.2) is 23.6 Å². The molecule has 4 aliphatic rings. The molecule has 1 amide bonds. The van der Waals surface area contributed by atoms with E-state index in [0.29, 0.717) is 30.6 Å². The lowest BCUT2D eigenvalue weighted by Gasteiger charge is -2.43. The van der Waals surface area contributed by atoms with Gasteiger partial charge in [0.2, 0.25) is 12.7 Å². The van der Waals surface area contributed by atoms with Crippen LogP contribution in [0, 0.1) is 5.92 Å². The summed E-state index contributed by atoms with van der Waals surface area (Å²) in [6.07, 6.45) is 4.39. The summed E-state index contributed by atoms with van der Waals surface area (Å²) < 4.78 is 11.0. The molecule has 1 aliphatic carbocycles. The Morgan fingerprint density at radius 3 is 2.90 bits per heavy atom. The first-order chi connectivity index (χ1) is 9.81. The Labute approximate surface area is 117 Å². The molecule has 2 fully saturated rings. The lowest BCUT2D eigenvalue weighted by Crippen LogP contribution is -2.44. The van der Waals surface area contributed by atoms with Crippen molar-refractivity contribution in [3.8, 4) is 11.5 Å². The normalized spacial score (nSPS) is 33.1. The Kier molecular flexibility index (Phi) is 2.03. The molecule has 0 aromatic heterocycles. The van der Waals surface area contributed by atoms with Crippen molar-refractivity contribution < 1.29 is 14.3 Å². The standard InChI is InChI=1S/C16H17NO3/c18-15-5-9-2-1-3-11-12-6-14-13(19-8-20-14)4-10(12)7-17(15)16(9)11/h4,6,9,11,16H,1-3,5,7-8H2/t9-,11+,16+/m1/s1. The third-order valence-corrected chi connectivity index (χ3v) is 5.48. The largest absolute Gasteiger partial charge is 0.454 e. The van der Waals surface area contributed by atoms with Crippen molar-refractivity contribution in [2.24, 2.45) is 5.92 Å². The van der Waals surface area contributed by atoms with Crippen molar-refractivity contribution in [2.45, 2.75) is 44.2 Å². The Hall–Kier alpha value is -1.71. The molecule has 4 nitrogen and oxygen atoms in total. The molecule has 3 heterocycles. The zero-order valence-corrected chi connectivity index (χ0v) is 11.3. The van der Waals surface area contributed by atoms with Gasteiger partial charge >= 0.3 is 0 Å². The SMILES string of the molecule is O=C1C[C@H]2CCC[C@H]3c4cc5c(cc4CN1[C@@H]23)OCO5. The monoisotopic (exact) mass is 271 g/mol. The smallest absolute Gasteiger partial charge is 0.231 e. The predicted molar refractivity (Wildman–Crippen MR) is 71.6 cm³/mol. The van der Waals surface area contributed by atoms with Gasteiger partial charge in [-0.1, -0.05) is 6.42 Å². The van der Waals surface area contributed by atoms with E-state index in [9.17, 15) is 4.79 Å². The van der Waals surface area contributed by atoms with Gasteiger partial charge in [-0.05, 0) is 42.0 Å². The van der Waals surface area contributed by atoms with Crippen molar-refractivity contribution in [1.82, 2.24) is 4.90 Å². The van der Waals surface area contributed by atoms with Crippen molar-refractivity contribution in [2.75, 3.05) is 6.79 Å². The first-order valence-electron chi connectivity index (χ1n) is 7.53. The van der Waals surface area contributed by atoms with E-state index in [1.807, 2.05) is 0 Å². The highest BCUT2D eigenvalue weighted by Gasteiger charge is 2.49. The lowest BCUT2D eigenvalue weighted by molar-refractivity contribution is -0.130. The van der Waals surface area contributed by atoms with Crippen LogP contribution in [0.1, 0.15) is 42.7 Å². The van der Waals surface area contributed by atoms with E-state index in [-0.39, 0.29) is 0 Å². The Morgan fingerprint density at radius 2 is 2.00 bits per heavy atom. The number of fused-ring (bicyclic) bond motifs is 3. The number of nitrogens with zero attached hydrogens (tertiary/aromatic N) is 1. The van der Waals surface area contributed by atoms with Gasteiger partial charge in [-0.3, -0.25) is 4.79 Å². The molecule has 0 bridgehead atoms. The van der Waals surface area contributed by atoms with Gasteiger partial charge in [0, 0.05) is 24.9 Å². The second kappa shape index (κ2) is 3.68. The van der Waals surface area contributed by atoms with Gasteiger partial charge in [0.25, 0.3) is 0 Å². The van der Waals surface area contributed by atoms with Crippen LogP contribution < -0.4 is 9.47 Å². The summed E-state index contributed by atoms with van der Waals surface area (Å²) in [6, 6.07) is 4.69. The average Bonchev–Trinajstić information content (AvgIpc) is 3.03. The quantitative estimate of drug-likeness (QED) is 0.727. The van der Waals surface area contributed by atoms with Crippen LogP contribution in [0.2, 0.25) is 0 Å². The highest BCUT2D eigenvalue weighted by molar-refractivity contribution is 5.80. The maximum atomic E-state index is 12.3. The number of hydrogen-bond acceptors (Lipinski definition) is 3. The number of amides is 1. The predicted octanol–water partition coefficient (Wildman–Crippen LogP) is 2.41. The summed E-state index contributed by atoms with van der Waals surface area (Å²) >= 11 is 0. The van der Waals surface area contributed by atoms with Gasteiger partial charge in [0.1, 0.15) is 0 Å². The highest BCUT2D eigenvalue weighted by atomic mass is 16.7. The summed E-state index contributed by atoms with van der Waals surface area (Å²) in [4.78, 5) is 14.4. The van der Waals surface area contributed by atoms with E-state index in [2.05, 4.69) is 17.0 Å². The lowest BCUT2D eigenvalue weighted by atomic mass is 9.71. The molecule has 1 aromatic carbocycles. The van der Waals surface area contributed by atoms with Crippen LogP contribution >= 0.6 is 0 Å². The van der Waals surface area contributed by atoms with Crippen molar-refractivity contribution in [3.05, 3.63) is 23.3 Å². The molecule has 0 unspecified atom stereocenters. The Bertz CT molecular complexity index is 612. The van der Waals surface area contributed by atoms with E-state index in [4.69, 9.17) is 9.47 Å². The van der Waals surface area contributed by atoms with Gasteiger partial charge in [0.15, 0.2) is 11.5 Å². The number of carbonyl (C=O) groups excluding carboxylic acids is 1. The fourth-order valence-corrected chi connectivity index (χ4v) is 4.67. The number of benzene rings is 1. The van der Waals surface area contributed by atoms with E-state index in [1.165, 1.54) is 30.4 Å². The molecule has 4 heteroatoms. The molecule has 0 spiro atoms. The molecule has 1 saturated carbocycles. The molecule has 0 radical (unpaired) electrons. The maximum absolute atomic E-state index is 12.3. The van der Waals surface area contributed by atoms with Gasteiger partial charge < -0.3 is 14.4 Å². The number of hydrogen-bond donors (Lipinski definition) is 0. The number of rotatable bonds is 0. The molecule has 104 valence electrons. The molecule has 0 N–H and O–H groups in total. The Morgan fingerprint density at radius 1 is 1.15 bits per heavy atom. The minimum absolute atomic E-state index is 0.317. The Balaban J connectivity index is 1.66. The molecule has 1 aromatic rings. The zero-order chi connectivity index (χ0) is 13.3. The van der Waals surface area contributed by atoms with Crippen molar-refractivity contribution in [3.63, 3.8) is 0 Å². The minimum atomic E-state index is 0.317. The van der Waals surface area contributed by atoms with Crippen LogP contribution in [0.4, 0.5) is 0 Å². The third-order valence-electron chi connectivity index (χ3n) is 5.48. The fraction of sp³-hybridized carbons (Fsp3) is 0.562. The molecule has 5 rings (SSSR count). The highest BCUT2D eigenvalue weighted by Crippen LogP contribution is 2.51. The van der Waals surface area contributed by atoms with Gasteiger partial charge in [0.05, 0.1) is 0 Å². The summed E-state index contributed by atoms with van der Waals surface area (Å²) in [5.74, 6) is 3.12. The van der Waals surface area contributed by atoms with Crippen molar-refractivity contribution in [1.29, 1.82) is 0 Å². The second-order valence-electron chi connectivity index (χ2n) is 6.42. The van der Waals surface area contributed by atoms with E-state index in [0.717, 1.165) is 24.5 Å². The van der Waals surface area contributed by atoms with E-state index < -0.39 is 0 Å². The molecular formula is C16H17NO3. The summed E-state index contributed by atoms with van der Waals surface area (Å²) in [5.41, 5.74) is 2.65. The molecule has 3 aliphatic heterocycles. The topological polar surface area (TPSA) is 38.8 Å². The van der Waals surface area contributed by atoms with Crippen LogP contribution in [0.15, 0.2) is 12.1 Å². The van der Waals surface area contributed by atoms with Gasteiger partial charge in [-0.15, -0.1) is 0 Å². The molecule has 1 saturated heterocycles. The number of ether oxygens (including phenoxy) is 2. The second-order valence-corrected chi connectivity index (χ2v) is 6.42. The number of carbonyl (C=O) groups is 1. The van der Waals surface area contributed by atoms with Crippen molar-refractivity contribution >= 4 is 5.91 Å². The third kappa shape index (κ3) is 1.29. The first-order valence-corrected chi connectivity index (χ1v) is 7.53. The average molecular weight is 271 g/mol. The van der Waals surface area contributed by atoms with Crippen LogP contribution in [0.25, 0.3) is 0 Å².